The zero-order valence-corrected chi connectivity index (χ0v) is 19.1. The Kier molecular flexibility index (Phi) is 5.50. The minimum absolute atomic E-state index is 1.02. The Morgan fingerprint density at radius 1 is 0.457 bits per heavy atom. The van der Waals surface area contributed by atoms with Crippen molar-refractivity contribution in [3.05, 3.63) is 160 Å². The Labute approximate surface area is 204 Å². The standard InChI is InChI=1S/C18H15N.C14H8N2/c1-4-10-16(11-5-1)19(17-12-6-2-7-13-17)18-14-8-3-9-15-18;1-2-4-13-9(3-1)10-5-6-12-11(7-8-15-12)14(10)16-13/h1-15H;1-8H. The quantitative estimate of drug-likeness (QED) is 0.286. The molecule has 0 atom stereocenters. The predicted octanol–water partition coefficient (Wildman–Crippen LogP) is 7.00. The minimum Gasteiger partial charge on any atom is -0.311 e. The summed E-state index contributed by atoms with van der Waals surface area (Å²) in [4.78, 5) is 11.2. The molecule has 7 rings (SSSR count). The highest BCUT2D eigenvalue weighted by Gasteiger charge is 2.11. The maximum atomic E-state index is 4.68. The van der Waals surface area contributed by atoms with Crippen LogP contribution in [0.3, 0.4) is 0 Å². The van der Waals surface area contributed by atoms with Gasteiger partial charge in [0, 0.05) is 39.3 Å². The zero-order chi connectivity index (χ0) is 23.5. The van der Waals surface area contributed by atoms with Crippen LogP contribution in [0.15, 0.2) is 144 Å². The van der Waals surface area contributed by atoms with Gasteiger partial charge >= 0.3 is 0 Å². The summed E-state index contributed by atoms with van der Waals surface area (Å²) in [5.74, 6) is 0. The molecule has 3 nitrogen and oxygen atoms in total. The normalized spacial score (nSPS) is 11.8. The number of rotatable bonds is 3. The van der Waals surface area contributed by atoms with Gasteiger partial charge in [0.05, 0.1) is 16.4 Å². The van der Waals surface area contributed by atoms with Crippen molar-refractivity contribution in [3.63, 3.8) is 0 Å². The van der Waals surface area contributed by atoms with Crippen LogP contribution in [0.4, 0.5) is 22.7 Å². The number of nitrogens with zero attached hydrogens (tertiary/aromatic N) is 3. The number of hydrogen-bond acceptors (Lipinski definition) is 3. The van der Waals surface area contributed by atoms with E-state index in [2.05, 4.69) is 118 Å². The molecule has 0 aromatic heterocycles. The van der Waals surface area contributed by atoms with Crippen molar-refractivity contribution in [1.29, 1.82) is 0 Å². The van der Waals surface area contributed by atoms with Crippen LogP contribution >= 0.6 is 0 Å². The van der Waals surface area contributed by atoms with Crippen molar-refractivity contribution >= 4 is 28.8 Å². The molecule has 0 radical (unpaired) electrons. The van der Waals surface area contributed by atoms with E-state index in [1.807, 2.05) is 36.5 Å². The first-order valence-electron chi connectivity index (χ1n) is 11.7. The fourth-order valence-electron chi connectivity index (χ4n) is 4.50. The molecule has 0 amide bonds. The summed E-state index contributed by atoms with van der Waals surface area (Å²) >= 11 is 0. The topological polar surface area (TPSA) is 28.0 Å². The number of anilines is 3. The lowest BCUT2D eigenvalue weighted by molar-refractivity contribution is 1.28. The fraction of sp³-hybridized carbons (Fsp3) is 0. The molecule has 0 fully saturated rings. The van der Waals surface area contributed by atoms with Gasteiger partial charge < -0.3 is 4.90 Å². The van der Waals surface area contributed by atoms with E-state index in [0.29, 0.717) is 0 Å². The van der Waals surface area contributed by atoms with E-state index in [0.717, 1.165) is 22.0 Å². The molecule has 2 heterocycles. The van der Waals surface area contributed by atoms with E-state index >= 15 is 0 Å². The van der Waals surface area contributed by atoms with E-state index in [-0.39, 0.29) is 0 Å². The molecule has 2 aliphatic rings. The Balaban J connectivity index is 0.000000132. The van der Waals surface area contributed by atoms with Crippen molar-refractivity contribution in [1.82, 2.24) is 0 Å². The summed E-state index contributed by atoms with van der Waals surface area (Å²) in [5, 5.41) is 4.53. The van der Waals surface area contributed by atoms with Gasteiger partial charge in [-0.25, -0.2) is 4.99 Å². The first-order valence-corrected chi connectivity index (χ1v) is 11.7. The smallest absolute Gasteiger partial charge is 0.0810 e. The number of para-hydroxylation sites is 4. The van der Waals surface area contributed by atoms with E-state index in [1.165, 1.54) is 27.5 Å². The zero-order valence-electron chi connectivity index (χ0n) is 19.1. The highest BCUT2D eigenvalue weighted by atomic mass is 15.1. The molecule has 0 saturated carbocycles. The summed E-state index contributed by atoms with van der Waals surface area (Å²) in [6.07, 6.45) is 3.87. The SMILES string of the molecule is C1=Cc2c3c(ccc2=N1)=c1ccccc1=N3.c1ccc(N(c2ccccc2)c2ccccc2)cc1. The molecule has 0 unspecified atom stereocenters. The Morgan fingerprint density at radius 2 is 1.00 bits per heavy atom. The molecule has 5 aromatic rings. The second-order valence-electron chi connectivity index (χ2n) is 8.31. The van der Waals surface area contributed by atoms with Crippen LogP contribution in [-0.4, -0.2) is 0 Å². The molecule has 0 saturated heterocycles. The summed E-state index contributed by atoms with van der Waals surface area (Å²) in [7, 11) is 0. The van der Waals surface area contributed by atoms with E-state index in [4.69, 9.17) is 0 Å². The highest BCUT2D eigenvalue weighted by molar-refractivity contribution is 5.76. The van der Waals surface area contributed by atoms with Gasteiger partial charge in [0.1, 0.15) is 0 Å². The Hall–Kier alpha value is -4.76. The van der Waals surface area contributed by atoms with Crippen LogP contribution in [-0.2, 0) is 0 Å². The molecular weight excluding hydrogens is 426 g/mol. The van der Waals surface area contributed by atoms with E-state index in [9.17, 15) is 0 Å². The molecule has 0 N–H and O–H groups in total. The van der Waals surface area contributed by atoms with E-state index < -0.39 is 0 Å². The van der Waals surface area contributed by atoms with Gasteiger partial charge in [0.2, 0.25) is 0 Å². The van der Waals surface area contributed by atoms with Crippen molar-refractivity contribution in [2.75, 3.05) is 4.90 Å². The highest BCUT2D eigenvalue weighted by Crippen LogP contribution is 2.33. The lowest BCUT2D eigenvalue weighted by Crippen LogP contribution is -2.09. The molecule has 0 aliphatic carbocycles. The van der Waals surface area contributed by atoms with Gasteiger partial charge in [-0.15, -0.1) is 0 Å². The third kappa shape index (κ3) is 4.04. The fourth-order valence-corrected chi connectivity index (χ4v) is 4.50. The molecule has 3 heteroatoms. The molecule has 5 aromatic carbocycles. The van der Waals surface area contributed by atoms with Crippen LogP contribution in [0.1, 0.15) is 5.56 Å². The average molecular weight is 450 g/mol. The van der Waals surface area contributed by atoms with Crippen LogP contribution in [0.25, 0.3) is 6.08 Å². The van der Waals surface area contributed by atoms with Gasteiger partial charge in [-0.2, -0.15) is 0 Å². The Morgan fingerprint density at radius 3 is 1.60 bits per heavy atom. The average Bonchev–Trinajstić information content (AvgIpc) is 3.56. The number of benzene rings is 5. The lowest BCUT2D eigenvalue weighted by Gasteiger charge is -2.25. The lowest BCUT2D eigenvalue weighted by atomic mass is 10.1. The number of fused-ring (bicyclic) bond motifs is 4. The maximum Gasteiger partial charge on any atom is 0.0810 e. The van der Waals surface area contributed by atoms with Crippen molar-refractivity contribution in [2.45, 2.75) is 0 Å². The van der Waals surface area contributed by atoms with Crippen LogP contribution in [0.5, 0.6) is 0 Å². The summed E-state index contributed by atoms with van der Waals surface area (Å²) < 4.78 is 0. The monoisotopic (exact) mass is 449 g/mol. The van der Waals surface area contributed by atoms with Crippen molar-refractivity contribution in [2.24, 2.45) is 9.98 Å². The second-order valence-corrected chi connectivity index (χ2v) is 8.31. The predicted molar refractivity (Wildman–Crippen MR) is 143 cm³/mol. The first-order chi connectivity index (χ1) is 17.4. The Bertz CT molecular complexity index is 1630. The van der Waals surface area contributed by atoms with Crippen LogP contribution < -0.4 is 15.6 Å². The van der Waals surface area contributed by atoms with Gasteiger partial charge in [0.15, 0.2) is 0 Å². The second kappa shape index (κ2) is 9.24. The van der Waals surface area contributed by atoms with Crippen LogP contribution in [0.2, 0.25) is 0 Å². The van der Waals surface area contributed by atoms with Gasteiger partial charge in [-0.05, 0) is 60.7 Å². The van der Waals surface area contributed by atoms with Crippen molar-refractivity contribution in [3.8, 4) is 0 Å². The summed E-state index contributed by atoms with van der Waals surface area (Å²) in [6, 6.07) is 43.7. The molecule has 166 valence electrons. The third-order valence-electron chi connectivity index (χ3n) is 6.12. The van der Waals surface area contributed by atoms with Crippen molar-refractivity contribution < 1.29 is 0 Å². The largest absolute Gasteiger partial charge is 0.311 e. The maximum absolute atomic E-state index is 4.68. The third-order valence-corrected chi connectivity index (χ3v) is 6.12. The molecular formula is C32H23N3. The summed E-state index contributed by atoms with van der Waals surface area (Å²) in [6.45, 7) is 0. The first kappa shape index (κ1) is 20.8. The number of hydrogen-bond donors (Lipinski definition) is 0. The van der Waals surface area contributed by atoms with Gasteiger partial charge in [0.25, 0.3) is 0 Å². The summed E-state index contributed by atoms with van der Waals surface area (Å²) in [5.41, 5.74) is 5.71. The van der Waals surface area contributed by atoms with E-state index in [1.54, 1.807) is 0 Å². The van der Waals surface area contributed by atoms with Gasteiger partial charge in [-0.1, -0.05) is 72.8 Å². The van der Waals surface area contributed by atoms with Gasteiger partial charge in [-0.3, -0.25) is 4.99 Å². The molecule has 35 heavy (non-hydrogen) atoms. The molecule has 0 spiro atoms. The molecule has 2 aliphatic heterocycles. The molecule has 0 bridgehead atoms. The minimum atomic E-state index is 1.02. The van der Waals surface area contributed by atoms with Crippen LogP contribution in [0, 0.1) is 10.4 Å².